The van der Waals surface area contributed by atoms with Crippen LogP contribution >= 0.6 is 0 Å². The van der Waals surface area contributed by atoms with Crippen LogP contribution in [-0.4, -0.2) is 82.8 Å². The van der Waals surface area contributed by atoms with E-state index in [0.717, 1.165) is 0 Å². The van der Waals surface area contributed by atoms with Crippen molar-refractivity contribution in [3.05, 3.63) is 41.5 Å². The van der Waals surface area contributed by atoms with Crippen molar-refractivity contribution in [1.82, 2.24) is 0 Å². The van der Waals surface area contributed by atoms with E-state index >= 15 is 0 Å². The Bertz CT molecular complexity index is 1050. The summed E-state index contributed by atoms with van der Waals surface area (Å²) in [6.07, 6.45) is -8.09. The van der Waals surface area contributed by atoms with Crippen LogP contribution in [0.15, 0.2) is 30.3 Å². The molecule has 2 aromatic rings. The van der Waals surface area contributed by atoms with Crippen molar-refractivity contribution in [2.24, 2.45) is 0 Å². The number of ether oxygens (including phenoxy) is 5. The van der Waals surface area contributed by atoms with Crippen LogP contribution in [0.25, 0.3) is 0 Å². The van der Waals surface area contributed by atoms with Gasteiger partial charge in [0.25, 0.3) is 0 Å². The van der Waals surface area contributed by atoms with E-state index in [9.17, 15) is 30.3 Å². The number of rotatable bonds is 6. The Morgan fingerprint density at radius 3 is 2.44 bits per heavy atom. The third-order valence-corrected chi connectivity index (χ3v) is 5.86. The number of phenols is 1. The number of carbonyl (C=O) groups excluding carboxylic acids is 1. The van der Waals surface area contributed by atoms with E-state index in [-0.39, 0.29) is 40.8 Å². The Morgan fingerprint density at radius 1 is 1.00 bits per heavy atom. The Labute approximate surface area is 194 Å². The average Bonchev–Trinajstić information content (AvgIpc) is 2.83. The molecule has 2 heterocycles. The van der Waals surface area contributed by atoms with Gasteiger partial charge in [-0.3, -0.25) is 4.79 Å². The first-order valence-corrected chi connectivity index (χ1v) is 10.5. The van der Waals surface area contributed by atoms with E-state index in [2.05, 4.69) is 0 Å². The van der Waals surface area contributed by atoms with E-state index in [0.29, 0.717) is 11.3 Å². The second kappa shape index (κ2) is 9.65. The van der Waals surface area contributed by atoms with Gasteiger partial charge in [0.2, 0.25) is 6.29 Å². The number of hydrogen-bond acceptors (Lipinski definition) is 11. The number of methoxy groups -OCH3 is 2. The Balaban J connectivity index is 1.62. The quantitative estimate of drug-likeness (QED) is 0.388. The molecule has 5 N–H and O–H groups in total. The average molecular weight is 478 g/mol. The fraction of sp³-hybridized carbons (Fsp3) is 0.435. The SMILES string of the molecule is COc1cc(O)c2c(c1)OC(c1ccc(OC)c(O[C@@H]3OC(CO)[C@@H](O)[C@H](O)C3O)c1)CC2=O. The zero-order valence-electron chi connectivity index (χ0n) is 18.5. The standard InChI is InChI=1S/C23H26O11/c1-30-11-6-12(25)19-13(26)8-15(32-17(19)7-11)10-3-4-14(31-2)16(5-10)33-23-22(29)21(28)20(27)18(9-24)34-23/h3-7,15,18,20-25,27-29H,8-9H2,1-2H3/t15?,18?,20-,21+,22?,23-/m1/s1. The molecule has 2 aliphatic heterocycles. The normalized spacial score (nSPS) is 28.6. The highest BCUT2D eigenvalue weighted by molar-refractivity contribution is 6.02. The minimum Gasteiger partial charge on any atom is -0.507 e. The number of phenolic OH excluding ortho intramolecular Hbond substituents is 1. The number of fused-ring (bicyclic) bond motifs is 1. The molecule has 2 aliphatic rings. The van der Waals surface area contributed by atoms with Crippen molar-refractivity contribution in [3.63, 3.8) is 0 Å². The highest BCUT2D eigenvalue weighted by atomic mass is 16.7. The summed E-state index contributed by atoms with van der Waals surface area (Å²) in [6, 6.07) is 7.61. The molecular formula is C23H26O11. The van der Waals surface area contributed by atoms with Crippen molar-refractivity contribution in [3.8, 4) is 28.7 Å². The first-order valence-electron chi connectivity index (χ1n) is 10.5. The second-order valence-electron chi connectivity index (χ2n) is 7.98. The maximum atomic E-state index is 12.7. The highest BCUT2D eigenvalue weighted by Crippen LogP contribution is 2.43. The first-order chi connectivity index (χ1) is 16.3. The molecule has 0 radical (unpaired) electrons. The predicted molar refractivity (Wildman–Crippen MR) is 114 cm³/mol. The molecule has 34 heavy (non-hydrogen) atoms. The topological polar surface area (TPSA) is 164 Å². The van der Waals surface area contributed by atoms with Gasteiger partial charge >= 0.3 is 0 Å². The molecule has 0 spiro atoms. The largest absolute Gasteiger partial charge is 0.507 e. The van der Waals surface area contributed by atoms with E-state index in [1.54, 1.807) is 12.1 Å². The van der Waals surface area contributed by atoms with Crippen LogP contribution < -0.4 is 18.9 Å². The highest BCUT2D eigenvalue weighted by Gasteiger charge is 2.45. The van der Waals surface area contributed by atoms with Gasteiger partial charge in [-0.05, 0) is 17.7 Å². The van der Waals surface area contributed by atoms with Crippen molar-refractivity contribution in [2.75, 3.05) is 20.8 Å². The van der Waals surface area contributed by atoms with Gasteiger partial charge in [0.05, 0.1) is 27.2 Å². The zero-order chi connectivity index (χ0) is 24.6. The van der Waals surface area contributed by atoms with Gasteiger partial charge in [-0.25, -0.2) is 0 Å². The van der Waals surface area contributed by atoms with E-state index in [4.69, 9.17) is 23.7 Å². The lowest BCUT2D eigenvalue weighted by Gasteiger charge is -2.39. The second-order valence-corrected chi connectivity index (χ2v) is 7.98. The molecule has 6 atom stereocenters. The number of Topliss-reactive ketones (excluding diaryl/α,β-unsaturated/α-hetero) is 1. The minimum atomic E-state index is -1.61. The van der Waals surface area contributed by atoms with Gasteiger partial charge < -0.3 is 49.2 Å². The first kappa shape index (κ1) is 24.0. The molecule has 0 aromatic heterocycles. The molecule has 0 aliphatic carbocycles. The van der Waals surface area contributed by atoms with E-state index in [1.165, 1.54) is 32.4 Å². The third-order valence-electron chi connectivity index (χ3n) is 5.86. The Morgan fingerprint density at radius 2 is 1.76 bits per heavy atom. The van der Waals surface area contributed by atoms with Crippen molar-refractivity contribution in [1.29, 1.82) is 0 Å². The summed E-state index contributed by atoms with van der Waals surface area (Å²) in [5, 5.41) is 49.9. The van der Waals surface area contributed by atoms with Crippen LogP contribution in [0.2, 0.25) is 0 Å². The van der Waals surface area contributed by atoms with Crippen LogP contribution in [0, 0.1) is 0 Å². The molecule has 3 unspecified atom stereocenters. The molecule has 0 saturated carbocycles. The molecule has 1 saturated heterocycles. The smallest absolute Gasteiger partial charge is 0.229 e. The van der Waals surface area contributed by atoms with Crippen molar-refractivity contribution >= 4 is 5.78 Å². The van der Waals surface area contributed by atoms with E-state index < -0.39 is 43.4 Å². The lowest BCUT2D eigenvalue weighted by Crippen LogP contribution is -2.60. The van der Waals surface area contributed by atoms with Crippen LogP contribution in [0.1, 0.15) is 28.4 Å². The maximum absolute atomic E-state index is 12.7. The lowest BCUT2D eigenvalue weighted by atomic mass is 9.95. The Kier molecular flexibility index (Phi) is 6.82. The van der Waals surface area contributed by atoms with Gasteiger partial charge in [0.1, 0.15) is 53.3 Å². The summed E-state index contributed by atoms with van der Waals surface area (Å²) in [7, 11) is 2.83. The number of ketones is 1. The molecular weight excluding hydrogens is 452 g/mol. The number of benzene rings is 2. The monoisotopic (exact) mass is 478 g/mol. The van der Waals surface area contributed by atoms with Crippen LogP contribution in [-0.2, 0) is 4.74 Å². The Hall–Kier alpha value is -3.09. The van der Waals surface area contributed by atoms with Gasteiger partial charge in [-0.15, -0.1) is 0 Å². The maximum Gasteiger partial charge on any atom is 0.229 e. The molecule has 11 heteroatoms. The van der Waals surface area contributed by atoms with Crippen molar-refractivity contribution < 1.29 is 54.0 Å². The fourth-order valence-corrected chi connectivity index (χ4v) is 3.99. The van der Waals surface area contributed by atoms with Gasteiger partial charge in [0.15, 0.2) is 17.3 Å². The van der Waals surface area contributed by atoms with Crippen LogP contribution in [0.5, 0.6) is 28.7 Å². The van der Waals surface area contributed by atoms with Gasteiger partial charge in [0, 0.05) is 12.1 Å². The molecule has 2 aromatic carbocycles. The number of aliphatic hydroxyl groups excluding tert-OH is 4. The predicted octanol–water partition coefficient (Wildman–Crippen LogP) is 0.295. The zero-order valence-corrected chi connectivity index (χ0v) is 18.5. The number of aliphatic hydroxyl groups is 4. The summed E-state index contributed by atoms with van der Waals surface area (Å²) in [5.74, 6) is 0.316. The molecule has 11 nitrogen and oxygen atoms in total. The van der Waals surface area contributed by atoms with E-state index in [1.807, 2.05) is 0 Å². The number of aromatic hydroxyl groups is 1. The lowest BCUT2D eigenvalue weighted by molar-refractivity contribution is -0.277. The third kappa shape index (κ3) is 4.36. The molecule has 184 valence electrons. The van der Waals surface area contributed by atoms with Crippen LogP contribution in [0.4, 0.5) is 0 Å². The molecule has 0 bridgehead atoms. The summed E-state index contributed by atoms with van der Waals surface area (Å²) in [4.78, 5) is 12.7. The summed E-state index contributed by atoms with van der Waals surface area (Å²) in [6.45, 7) is -0.601. The molecule has 4 rings (SSSR count). The molecule has 0 amide bonds. The van der Waals surface area contributed by atoms with Gasteiger partial charge in [-0.2, -0.15) is 0 Å². The summed E-state index contributed by atoms with van der Waals surface area (Å²) in [5.41, 5.74) is 0.602. The van der Waals surface area contributed by atoms with Gasteiger partial charge in [-0.1, -0.05) is 6.07 Å². The summed E-state index contributed by atoms with van der Waals surface area (Å²) < 4.78 is 27.6. The van der Waals surface area contributed by atoms with Crippen LogP contribution in [0.3, 0.4) is 0 Å². The molecule has 1 fully saturated rings. The number of hydrogen-bond donors (Lipinski definition) is 5. The number of carbonyl (C=O) groups is 1. The summed E-state index contributed by atoms with van der Waals surface area (Å²) >= 11 is 0. The van der Waals surface area contributed by atoms with Crippen molar-refractivity contribution in [2.45, 2.75) is 43.2 Å². The fourth-order valence-electron chi connectivity index (χ4n) is 3.99. The minimum absolute atomic E-state index is 0.0568.